The van der Waals surface area contributed by atoms with Crippen LogP contribution in [0.5, 0.6) is 0 Å². The summed E-state index contributed by atoms with van der Waals surface area (Å²) < 4.78 is 28.5. The second kappa shape index (κ2) is 7.72. The standard InChI is InChI=1S/C26H26F2N2O/c1-26-15-18-16-29-30(22-11-9-21(28)10-12-22)24(18)14-19(26)3-2-4-23(26)25(31)13-17-5-7-20(27)8-6-17/h5-12,14,16,23,25,31H,2-4,13,15H2,1H3/t23-,25+,26?/m1/s1. The van der Waals surface area contributed by atoms with Gasteiger partial charge in [-0.05, 0) is 97.0 Å². The Morgan fingerprint density at radius 1 is 1.10 bits per heavy atom. The molecule has 31 heavy (non-hydrogen) atoms. The van der Waals surface area contributed by atoms with Gasteiger partial charge in [-0.25, -0.2) is 13.5 Å². The van der Waals surface area contributed by atoms with E-state index in [1.807, 2.05) is 10.9 Å². The molecule has 1 unspecified atom stereocenters. The molecule has 2 aromatic carbocycles. The van der Waals surface area contributed by atoms with Gasteiger partial charge in [0.05, 0.1) is 23.7 Å². The van der Waals surface area contributed by atoms with Gasteiger partial charge in [0.25, 0.3) is 0 Å². The minimum absolute atomic E-state index is 0.125. The minimum atomic E-state index is -0.493. The highest BCUT2D eigenvalue weighted by Gasteiger charge is 2.46. The lowest BCUT2D eigenvalue weighted by atomic mass is 9.58. The molecule has 1 N–H and O–H groups in total. The fourth-order valence-electron chi connectivity index (χ4n) is 5.49. The average Bonchev–Trinajstić information content (AvgIpc) is 3.15. The fraction of sp³-hybridized carbons (Fsp3) is 0.346. The SMILES string of the molecule is CC12Cc3cnn(-c4ccc(F)cc4)c3C=C1CCC[C@@H]2[C@@H](O)Cc1ccc(F)cc1. The fourth-order valence-corrected chi connectivity index (χ4v) is 5.49. The molecule has 160 valence electrons. The van der Waals surface area contributed by atoms with Gasteiger partial charge in [0.1, 0.15) is 11.6 Å². The predicted molar refractivity (Wildman–Crippen MR) is 117 cm³/mol. The van der Waals surface area contributed by atoms with E-state index in [1.165, 1.54) is 29.8 Å². The Kier molecular flexibility index (Phi) is 5.01. The second-order valence-corrected chi connectivity index (χ2v) is 9.10. The van der Waals surface area contributed by atoms with Crippen LogP contribution in [0.2, 0.25) is 0 Å². The van der Waals surface area contributed by atoms with E-state index in [-0.39, 0.29) is 23.0 Å². The van der Waals surface area contributed by atoms with Crippen molar-refractivity contribution in [2.45, 2.75) is 45.1 Å². The molecule has 0 amide bonds. The zero-order chi connectivity index (χ0) is 21.6. The number of allylic oxidation sites excluding steroid dienone is 1. The molecule has 3 aromatic rings. The Balaban J connectivity index is 1.44. The van der Waals surface area contributed by atoms with Crippen LogP contribution in [0.4, 0.5) is 8.78 Å². The van der Waals surface area contributed by atoms with E-state index in [2.05, 4.69) is 18.1 Å². The summed E-state index contributed by atoms with van der Waals surface area (Å²) in [6.07, 6.45) is 7.99. The van der Waals surface area contributed by atoms with Crippen molar-refractivity contribution in [2.24, 2.45) is 11.3 Å². The van der Waals surface area contributed by atoms with E-state index in [9.17, 15) is 13.9 Å². The molecule has 5 heteroatoms. The van der Waals surface area contributed by atoms with E-state index in [0.29, 0.717) is 6.42 Å². The molecule has 1 aromatic heterocycles. The third-order valence-electron chi connectivity index (χ3n) is 7.16. The maximum Gasteiger partial charge on any atom is 0.123 e. The first kappa shape index (κ1) is 20.1. The Labute approximate surface area is 181 Å². The quantitative estimate of drug-likeness (QED) is 0.605. The minimum Gasteiger partial charge on any atom is -0.392 e. The van der Waals surface area contributed by atoms with Gasteiger partial charge >= 0.3 is 0 Å². The molecule has 0 bridgehead atoms. The van der Waals surface area contributed by atoms with Crippen LogP contribution in [0.1, 0.15) is 43.0 Å². The molecule has 0 saturated heterocycles. The molecule has 2 aliphatic rings. The van der Waals surface area contributed by atoms with E-state index in [0.717, 1.165) is 48.2 Å². The monoisotopic (exact) mass is 420 g/mol. The summed E-state index contributed by atoms with van der Waals surface area (Å²) in [5.41, 5.74) is 5.20. The summed E-state index contributed by atoms with van der Waals surface area (Å²) >= 11 is 0. The van der Waals surface area contributed by atoms with E-state index in [1.54, 1.807) is 24.3 Å². The molecule has 1 saturated carbocycles. The third-order valence-corrected chi connectivity index (χ3v) is 7.16. The zero-order valence-corrected chi connectivity index (χ0v) is 17.6. The molecule has 3 nitrogen and oxygen atoms in total. The van der Waals surface area contributed by atoms with Crippen molar-refractivity contribution in [1.29, 1.82) is 0 Å². The number of fused-ring (bicyclic) bond motifs is 2. The summed E-state index contributed by atoms with van der Waals surface area (Å²) in [7, 11) is 0. The van der Waals surface area contributed by atoms with Crippen LogP contribution in [-0.4, -0.2) is 21.0 Å². The lowest BCUT2D eigenvalue weighted by molar-refractivity contribution is 0.0234. The highest BCUT2D eigenvalue weighted by Crippen LogP contribution is 2.52. The van der Waals surface area contributed by atoms with E-state index >= 15 is 0 Å². The third kappa shape index (κ3) is 3.61. The summed E-state index contributed by atoms with van der Waals surface area (Å²) in [4.78, 5) is 0. The van der Waals surface area contributed by atoms with Gasteiger partial charge in [0, 0.05) is 0 Å². The van der Waals surface area contributed by atoms with E-state index in [4.69, 9.17) is 0 Å². The first-order valence-corrected chi connectivity index (χ1v) is 10.9. The Morgan fingerprint density at radius 3 is 2.48 bits per heavy atom. The Hall–Kier alpha value is -2.79. The largest absolute Gasteiger partial charge is 0.392 e. The van der Waals surface area contributed by atoms with Crippen molar-refractivity contribution in [3.8, 4) is 5.69 Å². The zero-order valence-electron chi connectivity index (χ0n) is 17.6. The Bertz CT molecular complexity index is 1120. The molecule has 0 spiro atoms. The van der Waals surface area contributed by atoms with Gasteiger partial charge in [-0.3, -0.25) is 0 Å². The normalized spacial score (nSPS) is 23.6. The van der Waals surface area contributed by atoms with Crippen LogP contribution >= 0.6 is 0 Å². The van der Waals surface area contributed by atoms with Crippen LogP contribution in [0.3, 0.4) is 0 Å². The maximum atomic E-state index is 13.3. The number of aromatic nitrogens is 2. The number of hydrogen-bond acceptors (Lipinski definition) is 2. The number of benzene rings is 2. The van der Waals surface area contributed by atoms with E-state index < -0.39 is 6.10 Å². The number of halogens is 2. The van der Waals surface area contributed by atoms with Gasteiger partial charge in [-0.2, -0.15) is 5.10 Å². The summed E-state index contributed by atoms with van der Waals surface area (Å²) in [6, 6.07) is 12.8. The number of nitrogens with zero attached hydrogens (tertiary/aromatic N) is 2. The molecular formula is C26H26F2N2O. The molecule has 5 rings (SSSR count). The second-order valence-electron chi connectivity index (χ2n) is 9.10. The highest BCUT2D eigenvalue weighted by molar-refractivity contribution is 5.61. The van der Waals surface area contributed by atoms with Crippen molar-refractivity contribution >= 4 is 6.08 Å². The van der Waals surface area contributed by atoms with Crippen molar-refractivity contribution in [2.75, 3.05) is 0 Å². The number of aliphatic hydroxyl groups excluding tert-OH is 1. The topological polar surface area (TPSA) is 38.0 Å². The van der Waals surface area contributed by atoms with Crippen LogP contribution < -0.4 is 0 Å². The lowest BCUT2D eigenvalue weighted by Crippen LogP contribution is -2.43. The van der Waals surface area contributed by atoms with Crippen molar-refractivity contribution in [1.82, 2.24) is 9.78 Å². The smallest absolute Gasteiger partial charge is 0.123 e. The van der Waals surface area contributed by atoms with Crippen LogP contribution in [0, 0.1) is 23.0 Å². The summed E-state index contributed by atoms with van der Waals surface area (Å²) in [5, 5.41) is 15.8. The molecule has 3 atom stereocenters. The first-order chi connectivity index (χ1) is 14.9. The van der Waals surface area contributed by atoms with Crippen molar-refractivity contribution < 1.29 is 13.9 Å². The summed E-state index contributed by atoms with van der Waals surface area (Å²) in [5.74, 6) is -0.396. The number of rotatable bonds is 4. The first-order valence-electron chi connectivity index (χ1n) is 10.9. The number of hydrogen-bond donors (Lipinski definition) is 1. The van der Waals surface area contributed by atoms with Gasteiger partial charge < -0.3 is 5.11 Å². The van der Waals surface area contributed by atoms with Gasteiger partial charge in [-0.1, -0.05) is 24.6 Å². The molecule has 0 radical (unpaired) electrons. The van der Waals surface area contributed by atoms with Gasteiger partial charge in [0.2, 0.25) is 0 Å². The Morgan fingerprint density at radius 2 is 1.77 bits per heavy atom. The van der Waals surface area contributed by atoms with Gasteiger partial charge in [0.15, 0.2) is 0 Å². The lowest BCUT2D eigenvalue weighted by Gasteiger charge is -2.47. The average molecular weight is 421 g/mol. The molecule has 0 aliphatic heterocycles. The molecule has 1 fully saturated rings. The molecule has 1 heterocycles. The number of aliphatic hydroxyl groups is 1. The van der Waals surface area contributed by atoms with Crippen LogP contribution in [0.15, 0.2) is 60.3 Å². The van der Waals surface area contributed by atoms with Crippen molar-refractivity contribution in [3.63, 3.8) is 0 Å². The summed E-state index contributed by atoms with van der Waals surface area (Å²) in [6.45, 7) is 2.26. The maximum absolute atomic E-state index is 13.3. The van der Waals surface area contributed by atoms with Crippen LogP contribution in [0.25, 0.3) is 11.8 Å². The predicted octanol–water partition coefficient (Wildman–Crippen LogP) is 5.50. The highest BCUT2D eigenvalue weighted by atomic mass is 19.1. The van der Waals surface area contributed by atoms with Crippen LogP contribution in [-0.2, 0) is 12.8 Å². The van der Waals surface area contributed by atoms with Crippen molar-refractivity contribution in [3.05, 3.63) is 88.8 Å². The molecule has 2 aliphatic carbocycles. The molecular weight excluding hydrogens is 394 g/mol. The van der Waals surface area contributed by atoms with Gasteiger partial charge in [-0.15, -0.1) is 0 Å².